The van der Waals surface area contributed by atoms with Crippen LogP contribution in [-0.2, 0) is 29.7 Å². The normalized spacial score (nSPS) is 19.4. The van der Waals surface area contributed by atoms with Crippen LogP contribution in [0.5, 0.6) is 0 Å². The van der Waals surface area contributed by atoms with Crippen LogP contribution in [0.2, 0.25) is 0 Å². The van der Waals surface area contributed by atoms with E-state index in [1.807, 2.05) is 47.1 Å². The first-order valence-electron chi connectivity index (χ1n) is 11.5. The van der Waals surface area contributed by atoms with Crippen molar-refractivity contribution in [3.05, 3.63) is 60.7 Å². The molecule has 1 aromatic carbocycles. The monoisotopic (exact) mass is 515 g/mol. The summed E-state index contributed by atoms with van der Waals surface area (Å²) in [6.45, 7) is 3.42. The summed E-state index contributed by atoms with van der Waals surface area (Å²) in [5.41, 5.74) is 15.2. The lowest BCUT2D eigenvalue weighted by Crippen LogP contribution is -2.47. The largest absolute Gasteiger partial charge is 0.458 e. The van der Waals surface area contributed by atoms with Crippen LogP contribution in [-0.4, -0.2) is 44.2 Å². The number of carbonyl (C=O) groups is 1. The van der Waals surface area contributed by atoms with Crippen molar-refractivity contribution >= 4 is 30.7 Å². The van der Waals surface area contributed by atoms with Gasteiger partial charge in [-0.1, -0.05) is 42.5 Å². The summed E-state index contributed by atoms with van der Waals surface area (Å²) in [5, 5.41) is 0. The lowest BCUT2D eigenvalue weighted by Gasteiger charge is -2.25. The van der Waals surface area contributed by atoms with Crippen molar-refractivity contribution in [2.45, 2.75) is 38.3 Å². The molecule has 0 spiro atoms. The number of hydroxylamine groups is 1. The van der Waals surface area contributed by atoms with Crippen molar-refractivity contribution in [3.63, 3.8) is 0 Å². The fourth-order valence-corrected chi connectivity index (χ4v) is 4.65. The number of anilines is 1. The van der Waals surface area contributed by atoms with Crippen molar-refractivity contribution in [1.82, 2.24) is 25.0 Å². The van der Waals surface area contributed by atoms with Gasteiger partial charge in [-0.3, -0.25) is 4.52 Å². The predicted molar refractivity (Wildman–Crippen MR) is 133 cm³/mol. The van der Waals surface area contributed by atoms with Crippen LogP contribution >= 0.6 is 7.75 Å². The minimum absolute atomic E-state index is 0.0131. The fourth-order valence-electron chi connectivity index (χ4n) is 3.74. The van der Waals surface area contributed by atoms with E-state index in [2.05, 4.69) is 20.4 Å². The molecular formula is C23H30N7O5P. The Morgan fingerprint density at radius 1 is 1.22 bits per heavy atom. The maximum atomic E-state index is 12.6. The summed E-state index contributed by atoms with van der Waals surface area (Å²) in [4.78, 5) is 30.5. The molecule has 13 heteroatoms. The van der Waals surface area contributed by atoms with E-state index in [0.717, 1.165) is 5.56 Å². The number of aromatic nitrogens is 4. The molecule has 0 saturated carbocycles. The molecular weight excluding hydrogens is 485 g/mol. The van der Waals surface area contributed by atoms with Crippen LogP contribution in [0.1, 0.15) is 31.9 Å². The summed E-state index contributed by atoms with van der Waals surface area (Å²) >= 11 is 0. The SMILES string of the molecule is CC(C)(NOCCc1ccccc1)C(=O)OP(N)(=O)OC[C@H]1C=C[C@@H](n2cnc3c(N)ncnc32)C1. The Morgan fingerprint density at radius 3 is 2.78 bits per heavy atom. The molecule has 0 saturated heterocycles. The molecule has 4 rings (SSSR count). The number of hydrogen-bond acceptors (Lipinski definition) is 10. The van der Waals surface area contributed by atoms with Gasteiger partial charge in [-0.25, -0.2) is 29.8 Å². The average Bonchev–Trinajstić information content (AvgIpc) is 3.49. The Morgan fingerprint density at radius 2 is 2.00 bits per heavy atom. The van der Waals surface area contributed by atoms with Gasteiger partial charge in [0.25, 0.3) is 0 Å². The Kier molecular flexibility index (Phi) is 7.82. The molecule has 1 unspecified atom stereocenters. The Balaban J connectivity index is 1.23. The van der Waals surface area contributed by atoms with E-state index >= 15 is 0 Å². The molecule has 3 atom stereocenters. The highest BCUT2D eigenvalue weighted by Crippen LogP contribution is 2.42. The number of carbonyl (C=O) groups excluding carboxylic acids is 1. The van der Waals surface area contributed by atoms with Crippen LogP contribution in [0, 0.1) is 5.92 Å². The molecule has 5 N–H and O–H groups in total. The van der Waals surface area contributed by atoms with Crippen molar-refractivity contribution < 1.29 is 23.2 Å². The van der Waals surface area contributed by atoms with Crippen molar-refractivity contribution in [1.29, 1.82) is 0 Å². The summed E-state index contributed by atoms with van der Waals surface area (Å²) in [5.74, 6) is -0.643. The van der Waals surface area contributed by atoms with E-state index < -0.39 is 19.3 Å². The van der Waals surface area contributed by atoms with E-state index in [4.69, 9.17) is 25.1 Å². The van der Waals surface area contributed by atoms with Gasteiger partial charge in [0.2, 0.25) is 0 Å². The first-order valence-corrected chi connectivity index (χ1v) is 13.1. The predicted octanol–water partition coefficient (Wildman–Crippen LogP) is 2.69. The smallest absolute Gasteiger partial charge is 0.382 e. The highest BCUT2D eigenvalue weighted by Gasteiger charge is 2.36. The van der Waals surface area contributed by atoms with Gasteiger partial charge in [0.15, 0.2) is 11.5 Å². The summed E-state index contributed by atoms with van der Waals surface area (Å²) < 4.78 is 24.9. The number of benzene rings is 1. The highest BCUT2D eigenvalue weighted by atomic mass is 31.2. The van der Waals surface area contributed by atoms with Gasteiger partial charge in [-0.05, 0) is 32.3 Å². The Labute approximate surface area is 208 Å². The van der Waals surface area contributed by atoms with E-state index in [1.54, 1.807) is 6.33 Å². The van der Waals surface area contributed by atoms with E-state index in [0.29, 0.717) is 36.4 Å². The van der Waals surface area contributed by atoms with Gasteiger partial charge < -0.3 is 19.7 Å². The minimum Gasteiger partial charge on any atom is -0.382 e. The van der Waals surface area contributed by atoms with Crippen LogP contribution in [0.25, 0.3) is 11.2 Å². The number of nitrogens with one attached hydrogen (secondary N) is 1. The fraction of sp³-hybridized carbons (Fsp3) is 0.391. The average molecular weight is 516 g/mol. The molecule has 0 fully saturated rings. The van der Waals surface area contributed by atoms with Gasteiger partial charge in [-0.2, -0.15) is 5.48 Å². The molecule has 2 heterocycles. The van der Waals surface area contributed by atoms with Crippen LogP contribution in [0.15, 0.2) is 55.1 Å². The molecule has 0 aliphatic heterocycles. The van der Waals surface area contributed by atoms with Gasteiger partial charge in [0.1, 0.15) is 17.4 Å². The first kappa shape index (κ1) is 25.9. The van der Waals surface area contributed by atoms with E-state index in [1.165, 1.54) is 20.2 Å². The number of nitrogen functional groups attached to an aromatic ring is 1. The van der Waals surface area contributed by atoms with E-state index in [-0.39, 0.29) is 18.6 Å². The third-order valence-electron chi connectivity index (χ3n) is 5.75. The lowest BCUT2D eigenvalue weighted by atomic mass is 10.1. The summed E-state index contributed by atoms with van der Waals surface area (Å²) in [6, 6.07) is 9.73. The minimum atomic E-state index is -4.15. The zero-order valence-electron chi connectivity index (χ0n) is 20.1. The number of fused-ring (bicyclic) bond motifs is 1. The second kappa shape index (κ2) is 10.9. The number of nitrogens with zero attached hydrogens (tertiary/aromatic N) is 4. The molecule has 0 bridgehead atoms. The molecule has 12 nitrogen and oxygen atoms in total. The second-order valence-corrected chi connectivity index (χ2v) is 10.6. The quantitative estimate of drug-likeness (QED) is 0.148. The van der Waals surface area contributed by atoms with E-state index in [9.17, 15) is 9.36 Å². The van der Waals surface area contributed by atoms with Crippen LogP contribution in [0.4, 0.5) is 5.82 Å². The van der Waals surface area contributed by atoms with Crippen molar-refractivity contribution in [2.75, 3.05) is 18.9 Å². The Hall–Kier alpha value is -3.15. The van der Waals surface area contributed by atoms with Gasteiger partial charge in [-0.15, -0.1) is 0 Å². The van der Waals surface area contributed by atoms with Crippen molar-refractivity contribution in [3.8, 4) is 0 Å². The molecule has 0 amide bonds. The van der Waals surface area contributed by atoms with Crippen LogP contribution in [0.3, 0.4) is 0 Å². The number of hydrogen-bond donors (Lipinski definition) is 3. The lowest BCUT2D eigenvalue weighted by molar-refractivity contribution is -0.148. The number of rotatable bonds is 11. The zero-order valence-corrected chi connectivity index (χ0v) is 21.0. The third-order valence-corrected chi connectivity index (χ3v) is 6.68. The number of allylic oxidation sites excluding steroid dienone is 1. The zero-order chi connectivity index (χ0) is 25.8. The molecule has 2 aromatic heterocycles. The maximum Gasteiger partial charge on any atom is 0.458 e. The summed E-state index contributed by atoms with van der Waals surface area (Å²) in [7, 11) is -4.15. The van der Waals surface area contributed by atoms with Gasteiger partial charge in [0.05, 0.1) is 25.6 Å². The molecule has 36 heavy (non-hydrogen) atoms. The summed E-state index contributed by atoms with van der Waals surface area (Å²) in [6.07, 6.45) is 8.23. The standard InChI is InChI=1S/C23H30N7O5P/c1-23(2,29-33-11-10-16-6-4-3-5-7-16)22(31)35-36(25,32)34-13-17-8-9-18(12-17)30-15-28-19-20(24)26-14-27-21(19)30/h3-9,14-15,17-18,29H,10-13H2,1-2H3,(H2,25,32)(H2,24,26,27)/t17-,18+,36?/m0/s1. The molecule has 0 radical (unpaired) electrons. The van der Waals surface area contributed by atoms with Gasteiger partial charge in [0, 0.05) is 5.92 Å². The first-order chi connectivity index (χ1) is 17.1. The molecule has 1 aliphatic carbocycles. The molecule has 1 aliphatic rings. The molecule has 192 valence electrons. The second-order valence-electron chi connectivity index (χ2n) is 9.06. The number of imidazole rings is 1. The van der Waals surface area contributed by atoms with Gasteiger partial charge >= 0.3 is 13.7 Å². The Bertz CT molecular complexity index is 1280. The highest BCUT2D eigenvalue weighted by molar-refractivity contribution is 7.51. The topological polar surface area (TPSA) is 170 Å². The van der Waals surface area contributed by atoms with Crippen molar-refractivity contribution in [2.24, 2.45) is 11.4 Å². The number of nitrogens with two attached hydrogens (primary N) is 2. The maximum absolute atomic E-state index is 12.6. The van der Waals surface area contributed by atoms with Crippen LogP contribution < -0.4 is 16.7 Å². The molecule has 3 aromatic rings. The third kappa shape index (κ3) is 6.34.